The summed E-state index contributed by atoms with van der Waals surface area (Å²) in [5.41, 5.74) is 6.67. The summed E-state index contributed by atoms with van der Waals surface area (Å²) in [5, 5.41) is 0. The molecule has 0 aliphatic carbocycles. The second-order valence-corrected chi connectivity index (χ2v) is 6.31. The molecule has 2 N–H and O–H groups in total. The molecule has 0 spiro atoms. The molecule has 1 fully saturated rings. The molecule has 0 bridgehead atoms. The minimum atomic E-state index is -3.39. The van der Waals surface area contributed by atoms with Crippen molar-refractivity contribution in [3.05, 3.63) is 29.8 Å². The van der Waals surface area contributed by atoms with Crippen LogP contribution in [0.15, 0.2) is 29.2 Å². The van der Waals surface area contributed by atoms with Crippen LogP contribution in [0, 0.1) is 0 Å². The van der Waals surface area contributed by atoms with Crippen molar-refractivity contribution in [1.82, 2.24) is 4.31 Å². The lowest BCUT2D eigenvalue weighted by Gasteiger charge is -2.26. The second kappa shape index (κ2) is 5.36. The van der Waals surface area contributed by atoms with Gasteiger partial charge in [0.1, 0.15) is 0 Å². The van der Waals surface area contributed by atoms with Crippen molar-refractivity contribution in [3.8, 4) is 0 Å². The zero-order valence-corrected chi connectivity index (χ0v) is 11.2. The highest BCUT2D eigenvalue weighted by Gasteiger charge is 2.26. The molecule has 1 aliphatic heterocycles. The van der Waals surface area contributed by atoms with Crippen LogP contribution < -0.4 is 5.73 Å². The summed E-state index contributed by atoms with van der Waals surface area (Å²) in [6.45, 7) is 3.61. The molecule has 1 aromatic carbocycles. The Morgan fingerprint density at radius 2 is 1.78 bits per heavy atom. The van der Waals surface area contributed by atoms with Crippen molar-refractivity contribution >= 4 is 10.0 Å². The van der Waals surface area contributed by atoms with Crippen LogP contribution in [0.2, 0.25) is 0 Å². The molecule has 0 amide bonds. The number of rotatable bonds is 3. The molecule has 1 atom stereocenters. The molecule has 0 aromatic heterocycles. The molecule has 1 saturated heterocycles. The summed E-state index contributed by atoms with van der Waals surface area (Å²) < 4.78 is 31.2. The van der Waals surface area contributed by atoms with Gasteiger partial charge in [0.15, 0.2) is 0 Å². The molecular weight excluding hydrogens is 252 g/mol. The number of morpholine rings is 1. The predicted molar refractivity (Wildman–Crippen MR) is 68.6 cm³/mol. The van der Waals surface area contributed by atoms with E-state index in [1.165, 1.54) is 4.31 Å². The van der Waals surface area contributed by atoms with Crippen LogP contribution in [0.5, 0.6) is 0 Å². The Hall–Kier alpha value is -0.950. The zero-order chi connectivity index (χ0) is 13.2. The van der Waals surface area contributed by atoms with Gasteiger partial charge in [0, 0.05) is 19.1 Å². The lowest BCUT2D eigenvalue weighted by molar-refractivity contribution is 0.0730. The Labute approximate surface area is 108 Å². The fourth-order valence-electron chi connectivity index (χ4n) is 1.88. The Morgan fingerprint density at radius 3 is 2.28 bits per heavy atom. The van der Waals surface area contributed by atoms with E-state index in [-0.39, 0.29) is 6.04 Å². The van der Waals surface area contributed by atoms with Gasteiger partial charge in [0.05, 0.1) is 18.1 Å². The van der Waals surface area contributed by atoms with Crippen LogP contribution in [-0.4, -0.2) is 39.0 Å². The maximum Gasteiger partial charge on any atom is 0.243 e. The van der Waals surface area contributed by atoms with E-state index >= 15 is 0 Å². The van der Waals surface area contributed by atoms with E-state index in [2.05, 4.69) is 0 Å². The predicted octanol–water partition coefficient (Wildman–Crippen LogP) is 0.727. The van der Waals surface area contributed by atoms with Crippen molar-refractivity contribution < 1.29 is 13.2 Å². The fraction of sp³-hybridized carbons (Fsp3) is 0.500. The summed E-state index contributed by atoms with van der Waals surface area (Å²) in [7, 11) is -3.39. The maximum absolute atomic E-state index is 12.3. The molecule has 1 aliphatic rings. The van der Waals surface area contributed by atoms with Crippen LogP contribution in [0.4, 0.5) is 0 Å². The quantitative estimate of drug-likeness (QED) is 0.878. The largest absolute Gasteiger partial charge is 0.379 e. The van der Waals surface area contributed by atoms with E-state index in [1.807, 2.05) is 6.92 Å². The third-order valence-corrected chi connectivity index (χ3v) is 4.93. The van der Waals surface area contributed by atoms with Gasteiger partial charge in [-0.05, 0) is 24.6 Å². The zero-order valence-electron chi connectivity index (χ0n) is 10.4. The molecule has 2 rings (SSSR count). The summed E-state index contributed by atoms with van der Waals surface area (Å²) >= 11 is 0. The number of nitrogens with zero attached hydrogens (tertiary/aromatic N) is 1. The third-order valence-electron chi connectivity index (χ3n) is 3.01. The minimum Gasteiger partial charge on any atom is -0.379 e. The van der Waals surface area contributed by atoms with Gasteiger partial charge in [-0.1, -0.05) is 12.1 Å². The van der Waals surface area contributed by atoms with Crippen molar-refractivity contribution in [1.29, 1.82) is 0 Å². The van der Waals surface area contributed by atoms with E-state index < -0.39 is 10.0 Å². The Balaban J connectivity index is 2.23. The lowest BCUT2D eigenvalue weighted by Crippen LogP contribution is -2.40. The van der Waals surface area contributed by atoms with Crippen LogP contribution in [0.25, 0.3) is 0 Å². The van der Waals surface area contributed by atoms with E-state index in [1.54, 1.807) is 24.3 Å². The highest BCUT2D eigenvalue weighted by molar-refractivity contribution is 7.89. The molecular formula is C12H18N2O3S. The molecule has 0 saturated carbocycles. The van der Waals surface area contributed by atoms with Crippen LogP contribution in [-0.2, 0) is 14.8 Å². The third kappa shape index (κ3) is 2.72. The average Bonchev–Trinajstić information content (AvgIpc) is 2.40. The van der Waals surface area contributed by atoms with Gasteiger partial charge in [-0.25, -0.2) is 8.42 Å². The van der Waals surface area contributed by atoms with Crippen molar-refractivity contribution in [2.75, 3.05) is 26.3 Å². The first-order valence-electron chi connectivity index (χ1n) is 5.95. The molecule has 100 valence electrons. The SMILES string of the molecule is C[C@@H](N)c1ccc(S(=O)(=O)N2CCOCC2)cc1. The minimum absolute atomic E-state index is 0.0925. The van der Waals surface area contributed by atoms with Crippen LogP contribution in [0.1, 0.15) is 18.5 Å². The summed E-state index contributed by atoms with van der Waals surface area (Å²) in [4.78, 5) is 0.314. The van der Waals surface area contributed by atoms with Gasteiger partial charge in [0.2, 0.25) is 10.0 Å². The molecule has 1 aromatic rings. The number of ether oxygens (including phenoxy) is 1. The topological polar surface area (TPSA) is 72.6 Å². The first-order chi connectivity index (χ1) is 8.51. The van der Waals surface area contributed by atoms with E-state index in [9.17, 15) is 8.42 Å². The monoisotopic (exact) mass is 270 g/mol. The standard InChI is InChI=1S/C12H18N2O3S/c1-10(13)11-2-4-12(5-3-11)18(15,16)14-6-8-17-9-7-14/h2-5,10H,6-9,13H2,1H3/t10-/m1/s1. The average molecular weight is 270 g/mol. The first-order valence-corrected chi connectivity index (χ1v) is 7.39. The smallest absolute Gasteiger partial charge is 0.243 e. The molecule has 18 heavy (non-hydrogen) atoms. The van der Waals surface area contributed by atoms with Crippen molar-refractivity contribution in [2.24, 2.45) is 5.73 Å². The van der Waals surface area contributed by atoms with Crippen molar-refractivity contribution in [2.45, 2.75) is 17.9 Å². The second-order valence-electron chi connectivity index (χ2n) is 4.37. The van der Waals surface area contributed by atoms with Gasteiger partial charge < -0.3 is 10.5 Å². The molecule has 1 heterocycles. The molecule has 5 nitrogen and oxygen atoms in total. The van der Waals surface area contributed by atoms with Gasteiger partial charge in [-0.3, -0.25) is 0 Å². The first kappa shape index (κ1) is 13.5. The molecule has 0 radical (unpaired) electrons. The van der Waals surface area contributed by atoms with Crippen LogP contribution in [0.3, 0.4) is 0 Å². The van der Waals surface area contributed by atoms with Gasteiger partial charge >= 0.3 is 0 Å². The van der Waals surface area contributed by atoms with Gasteiger partial charge in [0.25, 0.3) is 0 Å². The van der Waals surface area contributed by atoms with Gasteiger partial charge in [-0.15, -0.1) is 0 Å². The van der Waals surface area contributed by atoms with Crippen molar-refractivity contribution in [3.63, 3.8) is 0 Å². The highest BCUT2D eigenvalue weighted by atomic mass is 32.2. The maximum atomic E-state index is 12.3. The Kier molecular flexibility index (Phi) is 4.01. The van der Waals surface area contributed by atoms with Gasteiger partial charge in [-0.2, -0.15) is 4.31 Å². The Morgan fingerprint density at radius 1 is 1.22 bits per heavy atom. The number of nitrogens with two attached hydrogens (primary N) is 1. The summed E-state index contributed by atoms with van der Waals surface area (Å²) in [6, 6.07) is 6.66. The number of benzene rings is 1. The normalized spacial score (nSPS) is 19.7. The van der Waals surface area contributed by atoms with E-state index in [0.717, 1.165) is 5.56 Å². The summed E-state index contributed by atoms with van der Waals surface area (Å²) in [6.07, 6.45) is 0. The summed E-state index contributed by atoms with van der Waals surface area (Å²) in [5.74, 6) is 0. The fourth-order valence-corrected chi connectivity index (χ4v) is 3.29. The number of hydrogen-bond acceptors (Lipinski definition) is 4. The van der Waals surface area contributed by atoms with E-state index in [4.69, 9.17) is 10.5 Å². The lowest BCUT2D eigenvalue weighted by atomic mass is 10.1. The molecule has 6 heteroatoms. The van der Waals surface area contributed by atoms with E-state index in [0.29, 0.717) is 31.2 Å². The van der Waals surface area contributed by atoms with Crippen LogP contribution >= 0.6 is 0 Å². The Bertz CT molecular complexity index is 491. The molecule has 0 unspecified atom stereocenters. The number of hydrogen-bond donors (Lipinski definition) is 1. The number of sulfonamides is 1. The highest BCUT2D eigenvalue weighted by Crippen LogP contribution is 2.19.